The van der Waals surface area contributed by atoms with Gasteiger partial charge in [-0.3, -0.25) is 4.79 Å². The molecule has 0 atom stereocenters. The van der Waals surface area contributed by atoms with Gasteiger partial charge in [0, 0.05) is 12.0 Å². The van der Waals surface area contributed by atoms with Crippen molar-refractivity contribution in [2.24, 2.45) is 11.5 Å². The van der Waals surface area contributed by atoms with Gasteiger partial charge in [-0.05, 0) is 33.2 Å². The summed E-state index contributed by atoms with van der Waals surface area (Å²) in [5, 5.41) is 8.52. The Balaban J connectivity index is 0. The van der Waals surface area contributed by atoms with E-state index in [4.69, 9.17) is 16.6 Å². The van der Waals surface area contributed by atoms with E-state index in [0.717, 1.165) is 19.3 Å². The van der Waals surface area contributed by atoms with Crippen LogP contribution in [0, 0.1) is 0 Å². The van der Waals surface area contributed by atoms with Crippen LogP contribution in [0.25, 0.3) is 0 Å². The Morgan fingerprint density at radius 3 is 1.30 bits per heavy atom. The van der Waals surface area contributed by atoms with Crippen LogP contribution in [-0.4, -0.2) is 23.2 Å². The SMILES string of the molecule is CC(C)(N)CCN.CCCCCCCCCCCCCCCCCC(=O)O. The molecule has 0 aromatic heterocycles. The second kappa shape index (κ2) is 21.7. The van der Waals surface area contributed by atoms with Gasteiger partial charge >= 0.3 is 5.97 Å². The fourth-order valence-electron chi connectivity index (χ4n) is 3.02. The number of carbonyl (C=O) groups is 1. The summed E-state index contributed by atoms with van der Waals surface area (Å²) in [6.45, 7) is 6.90. The van der Waals surface area contributed by atoms with Crippen LogP contribution < -0.4 is 11.5 Å². The molecule has 0 spiro atoms. The van der Waals surface area contributed by atoms with Crippen LogP contribution in [0.3, 0.4) is 0 Å². The van der Waals surface area contributed by atoms with Gasteiger partial charge in [0.05, 0.1) is 0 Å². The zero-order chi connectivity index (χ0) is 20.8. The Labute approximate surface area is 169 Å². The van der Waals surface area contributed by atoms with Crippen molar-refractivity contribution < 1.29 is 9.90 Å². The zero-order valence-corrected chi connectivity index (χ0v) is 18.7. The fraction of sp³-hybridized carbons (Fsp3) is 0.957. The van der Waals surface area contributed by atoms with Gasteiger partial charge in [-0.2, -0.15) is 0 Å². The third-order valence-electron chi connectivity index (χ3n) is 4.78. The molecule has 5 N–H and O–H groups in total. The summed E-state index contributed by atoms with van der Waals surface area (Å²) in [5.74, 6) is -0.653. The molecule has 0 rings (SSSR count). The van der Waals surface area contributed by atoms with Crippen LogP contribution >= 0.6 is 0 Å². The predicted molar refractivity (Wildman–Crippen MR) is 119 cm³/mol. The van der Waals surface area contributed by atoms with Gasteiger partial charge in [0.15, 0.2) is 0 Å². The van der Waals surface area contributed by atoms with Gasteiger partial charge in [-0.15, -0.1) is 0 Å². The van der Waals surface area contributed by atoms with Gasteiger partial charge in [0.2, 0.25) is 0 Å². The topological polar surface area (TPSA) is 89.3 Å². The molecule has 4 nitrogen and oxygen atoms in total. The minimum Gasteiger partial charge on any atom is -0.481 e. The second-order valence-electron chi connectivity index (χ2n) is 8.62. The maximum absolute atomic E-state index is 10.3. The molecule has 0 heterocycles. The summed E-state index contributed by atoms with van der Waals surface area (Å²) in [5.41, 5.74) is 10.7. The van der Waals surface area contributed by atoms with Crippen LogP contribution in [0.4, 0.5) is 0 Å². The Hall–Kier alpha value is -0.610. The van der Waals surface area contributed by atoms with Crippen molar-refractivity contribution in [3.63, 3.8) is 0 Å². The van der Waals surface area contributed by atoms with E-state index in [0.29, 0.717) is 13.0 Å². The lowest BCUT2D eigenvalue weighted by Gasteiger charge is -2.15. The second-order valence-corrected chi connectivity index (χ2v) is 8.62. The van der Waals surface area contributed by atoms with E-state index in [-0.39, 0.29) is 5.54 Å². The number of hydrogen-bond acceptors (Lipinski definition) is 3. The highest BCUT2D eigenvalue weighted by molar-refractivity contribution is 5.66. The van der Waals surface area contributed by atoms with Crippen molar-refractivity contribution >= 4 is 5.97 Å². The average molecular weight is 387 g/mol. The number of nitrogens with two attached hydrogens (primary N) is 2. The standard InChI is InChI=1S/C18H36O2.C5H14N2/c1-2-3-4-5-6-7-8-9-10-11-12-13-14-15-16-17-18(19)20;1-5(2,7)3-4-6/h2-17H2,1H3,(H,19,20);3-4,6-7H2,1-2H3. The molecule has 0 unspecified atom stereocenters. The molecule has 0 amide bonds. The highest BCUT2D eigenvalue weighted by atomic mass is 16.4. The molecule has 0 radical (unpaired) electrons. The van der Waals surface area contributed by atoms with Crippen molar-refractivity contribution in [2.45, 2.75) is 135 Å². The van der Waals surface area contributed by atoms with E-state index in [1.807, 2.05) is 13.8 Å². The summed E-state index contributed by atoms with van der Waals surface area (Å²) in [7, 11) is 0. The third-order valence-corrected chi connectivity index (χ3v) is 4.78. The van der Waals surface area contributed by atoms with E-state index < -0.39 is 5.97 Å². The van der Waals surface area contributed by atoms with E-state index in [1.54, 1.807) is 0 Å². The van der Waals surface area contributed by atoms with Crippen molar-refractivity contribution in [1.29, 1.82) is 0 Å². The molecular weight excluding hydrogens is 336 g/mol. The van der Waals surface area contributed by atoms with Crippen LogP contribution in [-0.2, 0) is 4.79 Å². The number of carboxylic acid groups (broad SMARTS) is 1. The number of carboxylic acids is 1. The lowest BCUT2D eigenvalue weighted by molar-refractivity contribution is -0.137. The molecule has 0 fully saturated rings. The quantitative estimate of drug-likeness (QED) is 0.238. The molecule has 0 aliphatic heterocycles. The average Bonchev–Trinajstić information content (AvgIpc) is 2.57. The van der Waals surface area contributed by atoms with Crippen molar-refractivity contribution in [2.75, 3.05) is 6.54 Å². The molecular formula is C23H50N2O2. The summed E-state index contributed by atoms with van der Waals surface area (Å²) >= 11 is 0. The van der Waals surface area contributed by atoms with Crippen molar-refractivity contribution in [3.8, 4) is 0 Å². The van der Waals surface area contributed by atoms with Crippen molar-refractivity contribution in [3.05, 3.63) is 0 Å². The van der Waals surface area contributed by atoms with Crippen LogP contribution in [0.15, 0.2) is 0 Å². The Bertz CT molecular complexity index is 301. The first-order valence-electron chi connectivity index (χ1n) is 11.5. The maximum atomic E-state index is 10.3. The lowest BCUT2D eigenvalue weighted by atomic mass is 10.0. The summed E-state index contributed by atoms with van der Waals surface area (Å²) in [6, 6.07) is 0. The minimum atomic E-state index is -0.653. The number of unbranched alkanes of at least 4 members (excludes halogenated alkanes) is 14. The molecule has 0 aliphatic carbocycles. The first-order valence-corrected chi connectivity index (χ1v) is 11.5. The third kappa shape index (κ3) is 33.4. The summed E-state index contributed by atoms with van der Waals surface area (Å²) in [4.78, 5) is 10.3. The molecule has 164 valence electrons. The van der Waals surface area contributed by atoms with Gasteiger partial charge in [-0.1, -0.05) is 96.8 Å². The van der Waals surface area contributed by atoms with E-state index in [1.165, 1.54) is 83.5 Å². The predicted octanol–water partition coefficient (Wildman–Crippen LogP) is 6.41. The molecule has 0 aromatic carbocycles. The molecule has 0 aromatic rings. The number of rotatable bonds is 18. The Morgan fingerprint density at radius 1 is 0.741 bits per heavy atom. The maximum Gasteiger partial charge on any atom is 0.303 e. The first kappa shape index (κ1) is 28.6. The van der Waals surface area contributed by atoms with E-state index >= 15 is 0 Å². The van der Waals surface area contributed by atoms with E-state index in [9.17, 15) is 4.79 Å². The molecule has 0 aliphatic rings. The Kier molecular flexibility index (Phi) is 23.0. The largest absolute Gasteiger partial charge is 0.481 e. The first-order chi connectivity index (χ1) is 12.8. The van der Waals surface area contributed by atoms with Gasteiger partial charge in [0.25, 0.3) is 0 Å². The fourth-order valence-corrected chi connectivity index (χ4v) is 3.02. The van der Waals surface area contributed by atoms with Crippen LogP contribution in [0.5, 0.6) is 0 Å². The van der Waals surface area contributed by atoms with Gasteiger partial charge in [-0.25, -0.2) is 0 Å². The molecule has 0 saturated heterocycles. The van der Waals surface area contributed by atoms with Gasteiger partial charge in [0.1, 0.15) is 0 Å². The van der Waals surface area contributed by atoms with Crippen LogP contribution in [0.1, 0.15) is 130 Å². The smallest absolute Gasteiger partial charge is 0.303 e. The normalized spacial score (nSPS) is 11.1. The Morgan fingerprint density at radius 2 is 1.07 bits per heavy atom. The molecule has 27 heavy (non-hydrogen) atoms. The zero-order valence-electron chi connectivity index (χ0n) is 18.7. The number of hydrogen-bond donors (Lipinski definition) is 3. The minimum absolute atomic E-state index is 0.0747. The summed E-state index contributed by atoms with van der Waals surface area (Å²) < 4.78 is 0. The van der Waals surface area contributed by atoms with E-state index in [2.05, 4.69) is 6.92 Å². The van der Waals surface area contributed by atoms with Crippen LogP contribution in [0.2, 0.25) is 0 Å². The molecule has 0 saturated carbocycles. The highest BCUT2D eigenvalue weighted by Gasteiger charge is 2.06. The van der Waals surface area contributed by atoms with Crippen molar-refractivity contribution in [1.82, 2.24) is 0 Å². The summed E-state index contributed by atoms with van der Waals surface area (Å²) in [6.07, 6.45) is 21.1. The monoisotopic (exact) mass is 386 g/mol. The lowest BCUT2D eigenvalue weighted by Crippen LogP contribution is -2.34. The molecule has 0 bridgehead atoms. The molecule has 4 heteroatoms. The number of aliphatic carboxylic acids is 1. The highest BCUT2D eigenvalue weighted by Crippen LogP contribution is 2.13. The van der Waals surface area contributed by atoms with Gasteiger partial charge < -0.3 is 16.6 Å².